The van der Waals surface area contributed by atoms with E-state index in [4.69, 9.17) is 4.74 Å². The quantitative estimate of drug-likeness (QED) is 0.811. The number of hydrogen-bond donors (Lipinski definition) is 1. The van der Waals surface area contributed by atoms with Crippen LogP contribution in [0.1, 0.15) is 50.9 Å². The first-order valence-corrected chi connectivity index (χ1v) is 8.28. The highest BCUT2D eigenvalue weighted by Gasteiger charge is 2.33. The van der Waals surface area contributed by atoms with Crippen LogP contribution >= 0.6 is 0 Å². The summed E-state index contributed by atoms with van der Waals surface area (Å²) in [6.45, 7) is 7.21. The van der Waals surface area contributed by atoms with Crippen LogP contribution in [-0.2, 0) is 9.59 Å². The highest BCUT2D eigenvalue weighted by molar-refractivity contribution is 6.05. The summed E-state index contributed by atoms with van der Waals surface area (Å²) in [6, 6.07) is 5.02. The molecule has 6 nitrogen and oxygen atoms in total. The fraction of sp³-hybridized carbons (Fsp3) is 0.500. The van der Waals surface area contributed by atoms with Crippen molar-refractivity contribution in [2.75, 3.05) is 11.4 Å². The molecule has 6 heteroatoms. The number of nitrogens with one attached hydrogen (secondary N) is 1. The lowest BCUT2D eigenvalue weighted by Crippen LogP contribution is -2.49. The maximum Gasteiger partial charge on any atom is 0.268 e. The Hall–Kier alpha value is -2.37. The van der Waals surface area contributed by atoms with E-state index >= 15 is 0 Å². The van der Waals surface area contributed by atoms with Crippen LogP contribution in [-0.4, -0.2) is 36.3 Å². The van der Waals surface area contributed by atoms with E-state index in [1.165, 1.54) is 4.90 Å². The molecule has 0 aliphatic carbocycles. The second-order valence-corrected chi connectivity index (χ2v) is 6.26. The van der Waals surface area contributed by atoms with E-state index in [0.29, 0.717) is 23.4 Å². The van der Waals surface area contributed by atoms with Crippen LogP contribution in [0.3, 0.4) is 0 Å². The number of anilines is 1. The Kier molecular flexibility index (Phi) is 5.59. The number of amides is 2. The van der Waals surface area contributed by atoms with E-state index in [0.717, 1.165) is 6.42 Å². The molecule has 0 fully saturated rings. The molecule has 0 saturated carbocycles. The SMILES string of the molecule is CCCC(=O)c1ccc2c(c1)N(CC(=O)NC(C)C)C(=O)C(C)O2. The van der Waals surface area contributed by atoms with Gasteiger partial charge in [0.1, 0.15) is 12.3 Å². The number of fused-ring (bicyclic) bond motifs is 1. The van der Waals surface area contributed by atoms with Gasteiger partial charge in [0.05, 0.1) is 5.69 Å². The molecule has 2 amide bonds. The Labute approximate surface area is 142 Å². The summed E-state index contributed by atoms with van der Waals surface area (Å²) in [7, 11) is 0. The zero-order valence-corrected chi connectivity index (χ0v) is 14.6. The fourth-order valence-electron chi connectivity index (χ4n) is 2.63. The summed E-state index contributed by atoms with van der Waals surface area (Å²) in [5, 5.41) is 2.77. The summed E-state index contributed by atoms with van der Waals surface area (Å²) in [5.41, 5.74) is 0.995. The Balaban J connectivity index is 2.34. The van der Waals surface area contributed by atoms with Gasteiger partial charge in [-0.3, -0.25) is 19.3 Å². The van der Waals surface area contributed by atoms with Crippen molar-refractivity contribution in [2.45, 2.75) is 52.7 Å². The highest BCUT2D eigenvalue weighted by atomic mass is 16.5. The molecule has 1 atom stereocenters. The molecule has 0 bridgehead atoms. The molecule has 24 heavy (non-hydrogen) atoms. The summed E-state index contributed by atoms with van der Waals surface area (Å²) in [6.07, 6.45) is 0.530. The first-order valence-electron chi connectivity index (χ1n) is 8.28. The van der Waals surface area contributed by atoms with Crippen LogP contribution in [0.5, 0.6) is 5.75 Å². The molecule has 1 aromatic rings. The molecule has 130 valence electrons. The van der Waals surface area contributed by atoms with Crippen molar-refractivity contribution < 1.29 is 19.1 Å². The van der Waals surface area contributed by atoms with Gasteiger partial charge in [0, 0.05) is 18.0 Å². The third-order valence-electron chi connectivity index (χ3n) is 3.72. The molecular formula is C18H24N2O4. The maximum atomic E-state index is 12.5. The van der Waals surface area contributed by atoms with Crippen LogP contribution < -0.4 is 15.0 Å². The third-order valence-corrected chi connectivity index (χ3v) is 3.72. The number of hydrogen-bond acceptors (Lipinski definition) is 4. The van der Waals surface area contributed by atoms with Gasteiger partial charge in [0.15, 0.2) is 11.9 Å². The normalized spacial score (nSPS) is 16.6. The Bertz CT molecular complexity index is 654. The number of Topliss-reactive ketones (excluding diaryl/α,β-unsaturated/α-hetero) is 1. The number of ether oxygens (including phenoxy) is 1. The smallest absolute Gasteiger partial charge is 0.268 e. The van der Waals surface area contributed by atoms with E-state index in [1.54, 1.807) is 25.1 Å². The van der Waals surface area contributed by atoms with E-state index in [-0.39, 0.29) is 30.2 Å². The van der Waals surface area contributed by atoms with Crippen molar-refractivity contribution in [3.8, 4) is 5.75 Å². The Morgan fingerprint density at radius 1 is 1.33 bits per heavy atom. The van der Waals surface area contributed by atoms with E-state index < -0.39 is 6.10 Å². The molecule has 2 rings (SSSR count). The minimum absolute atomic E-state index is 0.0111. The van der Waals surface area contributed by atoms with Crippen molar-refractivity contribution >= 4 is 23.3 Å². The average Bonchev–Trinajstić information content (AvgIpc) is 2.51. The highest BCUT2D eigenvalue weighted by Crippen LogP contribution is 2.35. The van der Waals surface area contributed by atoms with Gasteiger partial charge >= 0.3 is 0 Å². The van der Waals surface area contributed by atoms with Gasteiger partial charge in [-0.25, -0.2) is 0 Å². The monoisotopic (exact) mass is 332 g/mol. The topological polar surface area (TPSA) is 75.7 Å². The zero-order valence-electron chi connectivity index (χ0n) is 14.6. The standard InChI is InChI=1S/C18H24N2O4/c1-5-6-15(21)13-7-8-16-14(9-13)20(18(23)12(4)24-16)10-17(22)19-11(2)3/h7-9,11-12H,5-6,10H2,1-4H3,(H,19,22). The first-order chi connectivity index (χ1) is 11.3. The van der Waals surface area contributed by atoms with Gasteiger partial charge in [0.2, 0.25) is 5.91 Å². The first kappa shape index (κ1) is 18.0. The van der Waals surface area contributed by atoms with Gasteiger partial charge < -0.3 is 10.1 Å². The summed E-state index contributed by atoms with van der Waals surface area (Å²) in [5.74, 6) is -0.0179. The molecule has 1 aromatic carbocycles. The molecule has 1 unspecified atom stereocenters. The maximum absolute atomic E-state index is 12.5. The van der Waals surface area contributed by atoms with Crippen molar-refractivity contribution in [3.63, 3.8) is 0 Å². The van der Waals surface area contributed by atoms with Gasteiger partial charge in [-0.1, -0.05) is 6.92 Å². The molecule has 0 aromatic heterocycles. The van der Waals surface area contributed by atoms with Crippen LogP contribution in [0.15, 0.2) is 18.2 Å². The second kappa shape index (κ2) is 7.47. The van der Waals surface area contributed by atoms with Crippen molar-refractivity contribution in [3.05, 3.63) is 23.8 Å². The number of nitrogens with zero attached hydrogens (tertiary/aromatic N) is 1. The molecule has 1 aliphatic rings. The molecule has 0 radical (unpaired) electrons. The predicted molar refractivity (Wildman–Crippen MR) is 91.4 cm³/mol. The minimum atomic E-state index is -0.665. The van der Waals surface area contributed by atoms with E-state index in [9.17, 15) is 14.4 Å². The number of ketones is 1. The van der Waals surface area contributed by atoms with Gasteiger partial charge in [-0.2, -0.15) is 0 Å². The van der Waals surface area contributed by atoms with Gasteiger partial charge in [-0.15, -0.1) is 0 Å². The summed E-state index contributed by atoms with van der Waals surface area (Å²) >= 11 is 0. The van der Waals surface area contributed by atoms with Crippen molar-refractivity contribution in [1.82, 2.24) is 5.32 Å². The van der Waals surface area contributed by atoms with Gasteiger partial charge in [-0.05, 0) is 45.4 Å². The third kappa shape index (κ3) is 3.93. The van der Waals surface area contributed by atoms with Crippen molar-refractivity contribution in [1.29, 1.82) is 0 Å². The van der Waals surface area contributed by atoms with Crippen LogP contribution in [0.2, 0.25) is 0 Å². The molecule has 0 spiro atoms. The largest absolute Gasteiger partial charge is 0.479 e. The van der Waals surface area contributed by atoms with Crippen molar-refractivity contribution in [2.24, 2.45) is 0 Å². The Morgan fingerprint density at radius 3 is 2.67 bits per heavy atom. The molecule has 1 N–H and O–H groups in total. The number of benzene rings is 1. The van der Waals surface area contributed by atoms with Crippen LogP contribution in [0, 0.1) is 0 Å². The lowest BCUT2D eigenvalue weighted by atomic mass is 10.0. The molecule has 1 heterocycles. The van der Waals surface area contributed by atoms with Crippen LogP contribution in [0.25, 0.3) is 0 Å². The molecular weight excluding hydrogens is 308 g/mol. The second-order valence-electron chi connectivity index (χ2n) is 6.26. The summed E-state index contributed by atoms with van der Waals surface area (Å²) in [4.78, 5) is 38.1. The number of carbonyl (C=O) groups is 3. The number of rotatable bonds is 6. The lowest BCUT2D eigenvalue weighted by Gasteiger charge is -2.33. The Morgan fingerprint density at radius 2 is 2.04 bits per heavy atom. The minimum Gasteiger partial charge on any atom is -0.479 e. The zero-order chi connectivity index (χ0) is 17.9. The fourth-order valence-corrected chi connectivity index (χ4v) is 2.63. The number of carbonyl (C=O) groups excluding carboxylic acids is 3. The predicted octanol–water partition coefficient (Wildman–Crippen LogP) is 2.31. The van der Waals surface area contributed by atoms with E-state index in [2.05, 4.69) is 5.32 Å². The molecule has 1 aliphatic heterocycles. The molecule has 0 saturated heterocycles. The average molecular weight is 332 g/mol. The van der Waals surface area contributed by atoms with Gasteiger partial charge in [0.25, 0.3) is 5.91 Å². The summed E-state index contributed by atoms with van der Waals surface area (Å²) < 4.78 is 5.60. The lowest BCUT2D eigenvalue weighted by molar-refractivity contribution is -0.128. The van der Waals surface area contributed by atoms with Crippen LogP contribution in [0.4, 0.5) is 5.69 Å². The van der Waals surface area contributed by atoms with E-state index in [1.807, 2.05) is 20.8 Å².